The van der Waals surface area contributed by atoms with Gasteiger partial charge in [-0.05, 0) is 18.6 Å². The van der Waals surface area contributed by atoms with Crippen molar-refractivity contribution in [3.05, 3.63) is 36.4 Å². The summed E-state index contributed by atoms with van der Waals surface area (Å²) in [5.41, 5.74) is 1.84. The van der Waals surface area contributed by atoms with Gasteiger partial charge >= 0.3 is 5.97 Å². The number of benzene rings is 1. The zero-order chi connectivity index (χ0) is 10.1. The molecule has 0 saturated heterocycles. The van der Waals surface area contributed by atoms with Gasteiger partial charge in [0.2, 0.25) is 0 Å². The van der Waals surface area contributed by atoms with Crippen LogP contribution in [0.15, 0.2) is 18.2 Å². The largest absolute Gasteiger partial charge is 0.464 e. The van der Waals surface area contributed by atoms with Crippen LogP contribution in [0.5, 0.6) is 0 Å². The first kappa shape index (κ1) is 8.74. The Hall–Kier alpha value is -1.84. The molecule has 1 heterocycles. The molecule has 0 fully saturated rings. The molecule has 1 radical (unpaired) electrons. The lowest BCUT2D eigenvalue weighted by atomic mass is 10.1. The van der Waals surface area contributed by atoms with Gasteiger partial charge in [0.15, 0.2) is 5.69 Å². The van der Waals surface area contributed by atoms with Gasteiger partial charge in [0, 0.05) is 5.39 Å². The third-order valence-corrected chi connectivity index (χ3v) is 2.05. The molecule has 71 valence electrons. The van der Waals surface area contributed by atoms with Gasteiger partial charge in [-0.3, -0.25) is 5.10 Å². The molecule has 0 saturated carbocycles. The van der Waals surface area contributed by atoms with Crippen LogP contribution in [0.2, 0.25) is 0 Å². The van der Waals surface area contributed by atoms with E-state index in [4.69, 9.17) is 0 Å². The molecule has 0 unspecified atom stereocenters. The van der Waals surface area contributed by atoms with Crippen LogP contribution in [0, 0.1) is 6.92 Å². The number of nitrogens with zero attached hydrogens (tertiary/aromatic N) is 1. The number of hydrogen-bond acceptors (Lipinski definition) is 3. The van der Waals surface area contributed by atoms with Gasteiger partial charge in [-0.2, -0.15) is 5.10 Å². The number of esters is 1. The van der Waals surface area contributed by atoms with Gasteiger partial charge in [-0.25, -0.2) is 4.79 Å². The Morgan fingerprint density at radius 3 is 3.07 bits per heavy atom. The van der Waals surface area contributed by atoms with Crippen LogP contribution >= 0.6 is 0 Å². The zero-order valence-electron chi connectivity index (χ0n) is 7.70. The Morgan fingerprint density at radius 1 is 1.57 bits per heavy atom. The fourth-order valence-electron chi connectivity index (χ4n) is 1.39. The molecule has 1 aromatic heterocycles. The molecular weight excluding hydrogens is 180 g/mol. The maximum Gasteiger partial charge on any atom is 0.359 e. The predicted molar refractivity (Wildman–Crippen MR) is 51.9 cm³/mol. The number of carbonyl (C=O) groups is 1. The molecule has 0 spiro atoms. The molecular formula is C10H9N2O2. The second-order valence-electron chi connectivity index (χ2n) is 2.90. The first-order valence-electron chi connectivity index (χ1n) is 4.11. The molecule has 0 amide bonds. The fraction of sp³-hybridized carbons (Fsp3) is 0.100. The summed E-state index contributed by atoms with van der Waals surface area (Å²) in [6.07, 6.45) is 0. The molecule has 14 heavy (non-hydrogen) atoms. The van der Waals surface area contributed by atoms with Gasteiger partial charge in [0.25, 0.3) is 0 Å². The topological polar surface area (TPSA) is 55.0 Å². The normalized spacial score (nSPS) is 10.4. The lowest BCUT2D eigenvalue weighted by Gasteiger charge is -1.97. The summed E-state index contributed by atoms with van der Waals surface area (Å²) in [6.45, 7) is 3.83. The van der Waals surface area contributed by atoms with Crippen molar-refractivity contribution in [3.63, 3.8) is 0 Å². The monoisotopic (exact) mass is 189 g/mol. The van der Waals surface area contributed by atoms with Crippen molar-refractivity contribution in [3.8, 4) is 0 Å². The van der Waals surface area contributed by atoms with E-state index in [0.29, 0.717) is 0 Å². The number of nitrogens with one attached hydrogen (secondary N) is 1. The van der Waals surface area contributed by atoms with E-state index in [2.05, 4.69) is 21.9 Å². The van der Waals surface area contributed by atoms with E-state index >= 15 is 0 Å². The van der Waals surface area contributed by atoms with Crippen molar-refractivity contribution in [2.75, 3.05) is 7.11 Å². The molecule has 4 nitrogen and oxygen atoms in total. The highest BCUT2D eigenvalue weighted by atomic mass is 16.5. The van der Waals surface area contributed by atoms with Gasteiger partial charge in [0.05, 0.1) is 12.6 Å². The summed E-state index contributed by atoms with van der Waals surface area (Å²) in [5.74, 6) is -0.452. The van der Waals surface area contributed by atoms with E-state index < -0.39 is 5.97 Å². The van der Waals surface area contributed by atoms with E-state index in [0.717, 1.165) is 16.5 Å². The van der Waals surface area contributed by atoms with Crippen molar-refractivity contribution in [1.82, 2.24) is 10.2 Å². The van der Waals surface area contributed by atoms with Crippen molar-refractivity contribution < 1.29 is 9.53 Å². The number of hydrogen-bond donors (Lipinski definition) is 1. The highest BCUT2D eigenvalue weighted by Crippen LogP contribution is 2.20. The van der Waals surface area contributed by atoms with E-state index in [-0.39, 0.29) is 5.69 Å². The van der Waals surface area contributed by atoms with Gasteiger partial charge < -0.3 is 4.74 Å². The molecule has 1 N–H and O–H groups in total. The molecule has 2 rings (SSSR count). The molecule has 0 aliphatic rings. The number of methoxy groups -OCH3 is 1. The Labute approximate surface area is 80.9 Å². The third kappa shape index (κ3) is 1.16. The van der Waals surface area contributed by atoms with Gasteiger partial charge in [-0.1, -0.05) is 12.1 Å². The van der Waals surface area contributed by atoms with Crippen molar-refractivity contribution in [2.24, 2.45) is 0 Å². The minimum Gasteiger partial charge on any atom is -0.464 e. The number of fused-ring (bicyclic) bond motifs is 1. The van der Waals surface area contributed by atoms with Gasteiger partial charge in [-0.15, -0.1) is 0 Å². The average Bonchev–Trinajstić information content (AvgIpc) is 2.62. The summed E-state index contributed by atoms with van der Waals surface area (Å²) >= 11 is 0. The minimum absolute atomic E-state index is 0.285. The average molecular weight is 189 g/mol. The van der Waals surface area contributed by atoms with Crippen LogP contribution in [-0.2, 0) is 4.74 Å². The molecule has 0 atom stereocenters. The van der Waals surface area contributed by atoms with E-state index in [1.54, 1.807) is 0 Å². The molecule has 4 heteroatoms. The van der Waals surface area contributed by atoms with Crippen LogP contribution in [0.1, 0.15) is 16.1 Å². The predicted octanol–water partition coefficient (Wildman–Crippen LogP) is 1.53. The summed E-state index contributed by atoms with van der Waals surface area (Å²) < 4.78 is 4.61. The Balaban J connectivity index is 2.73. The lowest BCUT2D eigenvalue weighted by Crippen LogP contribution is -2.02. The second kappa shape index (κ2) is 3.14. The molecule has 0 aliphatic carbocycles. The number of aromatic amines is 1. The van der Waals surface area contributed by atoms with E-state index in [1.807, 2.05) is 18.2 Å². The Bertz CT molecular complexity index is 488. The molecule has 1 aromatic carbocycles. The SMILES string of the molecule is [CH2]c1cccc2[nH]nc(C(=O)OC)c12. The highest BCUT2D eigenvalue weighted by molar-refractivity contribution is 6.03. The zero-order valence-corrected chi connectivity index (χ0v) is 7.70. The Kier molecular flexibility index (Phi) is 1.96. The summed E-state index contributed by atoms with van der Waals surface area (Å²) in [4.78, 5) is 11.3. The first-order valence-corrected chi connectivity index (χ1v) is 4.11. The molecule has 2 aromatic rings. The third-order valence-electron chi connectivity index (χ3n) is 2.05. The molecule has 0 bridgehead atoms. The van der Waals surface area contributed by atoms with Crippen molar-refractivity contribution >= 4 is 16.9 Å². The minimum atomic E-state index is -0.452. The van der Waals surface area contributed by atoms with Crippen LogP contribution in [0.4, 0.5) is 0 Å². The number of carbonyl (C=O) groups excluding carboxylic acids is 1. The van der Waals surface area contributed by atoms with Crippen LogP contribution in [0.25, 0.3) is 10.9 Å². The van der Waals surface area contributed by atoms with E-state index in [9.17, 15) is 4.79 Å². The summed E-state index contributed by atoms with van der Waals surface area (Å²) in [5, 5.41) is 7.36. The van der Waals surface area contributed by atoms with Crippen LogP contribution in [-0.4, -0.2) is 23.3 Å². The molecule has 0 aliphatic heterocycles. The van der Waals surface area contributed by atoms with E-state index in [1.165, 1.54) is 7.11 Å². The Morgan fingerprint density at radius 2 is 2.36 bits per heavy atom. The lowest BCUT2D eigenvalue weighted by molar-refractivity contribution is 0.0596. The number of rotatable bonds is 1. The first-order chi connectivity index (χ1) is 6.74. The van der Waals surface area contributed by atoms with Crippen molar-refractivity contribution in [1.29, 1.82) is 0 Å². The highest BCUT2D eigenvalue weighted by Gasteiger charge is 2.15. The second-order valence-corrected chi connectivity index (χ2v) is 2.90. The maximum absolute atomic E-state index is 11.3. The number of ether oxygens (including phenoxy) is 1. The fourth-order valence-corrected chi connectivity index (χ4v) is 1.39. The van der Waals surface area contributed by atoms with Gasteiger partial charge in [0.1, 0.15) is 0 Å². The maximum atomic E-state index is 11.3. The quantitative estimate of drug-likeness (QED) is 0.692. The summed E-state index contributed by atoms with van der Waals surface area (Å²) in [7, 11) is 1.33. The van der Waals surface area contributed by atoms with Crippen LogP contribution < -0.4 is 0 Å². The standard InChI is InChI=1S/C10H9N2O2/c1-6-4-3-5-7-8(6)9(12-11-7)10(13)14-2/h3-5H,1H2,2H3,(H,11,12). The number of H-pyrrole nitrogens is 1. The van der Waals surface area contributed by atoms with Crippen molar-refractivity contribution in [2.45, 2.75) is 0 Å². The smallest absolute Gasteiger partial charge is 0.359 e. The van der Waals surface area contributed by atoms with Crippen LogP contribution in [0.3, 0.4) is 0 Å². The summed E-state index contributed by atoms with van der Waals surface area (Å²) in [6, 6.07) is 5.51. The number of aromatic nitrogens is 2.